The maximum absolute atomic E-state index is 12.7. The molecule has 0 aromatic heterocycles. The van der Waals surface area contributed by atoms with E-state index in [2.05, 4.69) is 6.58 Å². The molecule has 0 aliphatic carbocycles. The molecule has 0 aliphatic heterocycles. The molecule has 1 unspecified atom stereocenters. The van der Waals surface area contributed by atoms with Crippen LogP contribution in [0.2, 0.25) is 0 Å². The highest BCUT2D eigenvalue weighted by Crippen LogP contribution is 2.33. The summed E-state index contributed by atoms with van der Waals surface area (Å²) in [6.45, 7) is 4.93. The molecule has 0 rings (SSSR count). The van der Waals surface area contributed by atoms with Gasteiger partial charge in [-0.25, -0.2) is 0 Å². The van der Waals surface area contributed by atoms with Crippen LogP contribution in [0.1, 0.15) is 6.92 Å². The number of allylic oxidation sites excluding steroid dienone is 4. The molecule has 2 N–H and O–H groups in total. The fourth-order valence-corrected chi connectivity index (χ4v) is 0.936. The zero-order valence-corrected chi connectivity index (χ0v) is 8.00. The van der Waals surface area contributed by atoms with Crippen molar-refractivity contribution in [1.82, 2.24) is 0 Å². The number of hydrogen-bond acceptors (Lipinski definition) is 1. The van der Waals surface area contributed by atoms with Crippen LogP contribution in [0, 0.1) is 0 Å². The summed E-state index contributed by atoms with van der Waals surface area (Å²) in [6, 6.07) is 0. The SMILES string of the molecule is C=C/C=C(\C(N)=C/C)C(F)(F)P. The third-order valence-corrected chi connectivity index (χ3v) is 1.58. The first-order chi connectivity index (χ1) is 5.43. The number of nitrogens with two attached hydrogens (primary N) is 1. The highest BCUT2D eigenvalue weighted by atomic mass is 31.0. The van der Waals surface area contributed by atoms with Crippen LogP contribution in [-0.2, 0) is 0 Å². The van der Waals surface area contributed by atoms with Crippen LogP contribution < -0.4 is 5.73 Å². The van der Waals surface area contributed by atoms with Crippen LogP contribution in [0.4, 0.5) is 8.78 Å². The fraction of sp³-hybridized carbons (Fsp3) is 0.250. The Morgan fingerprint density at radius 1 is 1.58 bits per heavy atom. The van der Waals surface area contributed by atoms with E-state index < -0.39 is 5.66 Å². The first-order valence-electron chi connectivity index (χ1n) is 3.35. The Bertz CT molecular complexity index is 226. The third kappa shape index (κ3) is 3.14. The van der Waals surface area contributed by atoms with E-state index in [1.54, 1.807) is 6.92 Å². The number of rotatable bonds is 3. The van der Waals surface area contributed by atoms with Crippen molar-refractivity contribution >= 4 is 9.24 Å². The van der Waals surface area contributed by atoms with Crippen LogP contribution in [0.15, 0.2) is 36.1 Å². The zero-order valence-electron chi connectivity index (χ0n) is 6.85. The summed E-state index contributed by atoms with van der Waals surface area (Å²) in [7, 11) is 1.43. The van der Waals surface area contributed by atoms with Gasteiger partial charge in [0, 0.05) is 11.3 Å². The predicted octanol–water partition coefficient (Wildman–Crippen LogP) is 2.43. The largest absolute Gasteiger partial charge is 0.399 e. The molecule has 0 aliphatic rings. The summed E-state index contributed by atoms with van der Waals surface area (Å²) in [4.78, 5) is 0. The quantitative estimate of drug-likeness (QED) is 0.538. The maximum atomic E-state index is 12.7. The average molecular weight is 191 g/mol. The minimum absolute atomic E-state index is 0.0647. The lowest BCUT2D eigenvalue weighted by Gasteiger charge is -2.14. The van der Waals surface area contributed by atoms with Gasteiger partial charge in [-0.3, -0.25) is 0 Å². The molecule has 0 aromatic rings. The van der Waals surface area contributed by atoms with Gasteiger partial charge in [0.15, 0.2) is 0 Å². The molecular weight excluding hydrogens is 179 g/mol. The van der Waals surface area contributed by atoms with Gasteiger partial charge in [-0.15, -0.1) is 0 Å². The summed E-state index contributed by atoms with van der Waals surface area (Å²) in [6.07, 6.45) is 3.90. The van der Waals surface area contributed by atoms with Gasteiger partial charge in [0.05, 0.1) is 0 Å². The van der Waals surface area contributed by atoms with Crippen LogP contribution in [0.5, 0.6) is 0 Å². The predicted molar refractivity (Wildman–Crippen MR) is 50.9 cm³/mol. The topological polar surface area (TPSA) is 26.0 Å². The van der Waals surface area contributed by atoms with E-state index in [4.69, 9.17) is 5.73 Å². The van der Waals surface area contributed by atoms with Crippen molar-refractivity contribution in [2.24, 2.45) is 5.73 Å². The molecule has 12 heavy (non-hydrogen) atoms. The minimum Gasteiger partial charge on any atom is -0.399 e. The van der Waals surface area contributed by atoms with Gasteiger partial charge in [0.2, 0.25) is 0 Å². The highest BCUT2D eigenvalue weighted by molar-refractivity contribution is 7.18. The molecule has 0 heterocycles. The molecule has 1 atom stereocenters. The van der Waals surface area contributed by atoms with Crippen molar-refractivity contribution < 1.29 is 8.78 Å². The molecule has 0 amide bonds. The van der Waals surface area contributed by atoms with Gasteiger partial charge in [-0.1, -0.05) is 34.0 Å². The highest BCUT2D eigenvalue weighted by Gasteiger charge is 2.28. The Morgan fingerprint density at radius 2 is 2.08 bits per heavy atom. The lowest BCUT2D eigenvalue weighted by Crippen LogP contribution is -2.16. The molecule has 0 saturated heterocycles. The third-order valence-electron chi connectivity index (χ3n) is 1.27. The Morgan fingerprint density at radius 3 is 2.33 bits per heavy atom. The molecule has 0 fully saturated rings. The van der Waals surface area contributed by atoms with Gasteiger partial charge in [0.1, 0.15) is 0 Å². The van der Waals surface area contributed by atoms with Gasteiger partial charge in [-0.05, 0) is 6.92 Å². The lowest BCUT2D eigenvalue weighted by atomic mass is 10.2. The second-order valence-corrected chi connectivity index (χ2v) is 2.91. The van der Waals surface area contributed by atoms with Crippen molar-refractivity contribution in [1.29, 1.82) is 0 Å². The van der Waals surface area contributed by atoms with Crippen molar-refractivity contribution in [3.8, 4) is 0 Å². The molecule has 0 saturated carbocycles. The van der Waals surface area contributed by atoms with Gasteiger partial charge >= 0.3 is 0 Å². The Kier molecular flexibility index (Phi) is 4.11. The van der Waals surface area contributed by atoms with Crippen molar-refractivity contribution in [3.63, 3.8) is 0 Å². The van der Waals surface area contributed by atoms with E-state index in [-0.39, 0.29) is 11.3 Å². The maximum Gasteiger partial charge on any atom is 0.285 e. The molecule has 0 spiro atoms. The number of alkyl halides is 2. The lowest BCUT2D eigenvalue weighted by molar-refractivity contribution is 0.149. The molecular formula is C8H12F2NP. The van der Waals surface area contributed by atoms with E-state index in [9.17, 15) is 8.78 Å². The molecule has 0 radical (unpaired) electrons. The minimum atomic E-state index is -3.00. The Balaban J connectivity index is 4.95. The second kappa shape index (κ2) is 4.36. The molecule has 0 bridgehead atoms. The van der Waals surface area contributed by atoms with Crippen LogP contribution in [0.3, 0.4) is 0 Å². The van der Waals surface area contributed by atoms with E-state index in [0.717, 1.165) is 0 Å². The van der Waals surface area contributed by atoms with Crippen molar-refractivity contribution in [3.05, 3.63) is 36.1 Å². The summed E-state index contributed by atoms with van der Waals surface area (Å²) in [5.74, 6) is 0. The number of hydrogen-bond donors (Lipinski definition) is 1. The van der Waals surface area contributed by atoms with Crippen molar-refractivity contribution in [2.45, 2.75) is 12.6 Å². The van der Waals surface area contributed by atoms with Gasteiger partial charge in [0.25, 0.3) is 5.66 Å². The zero-order chi connectivity index (χ0) is 9.78. The molecule has 68 valence electrons. The van der Waals surface area contributed by atoms with Gasteiger partial charge in [-0.2, -0.15) is 8.78 Å². The first-order valence-corrected chi connectivity index (χ1v) is 3.93. The van der Waals surface area contributed by atoms with Crippen molar-refractivity contribution in [2.75, 3.05) is 0 Å². The number of halogens is 2. The Labute approximate surface area is 73.2 Å². The first kappa shape index (κ1) is 11.3. The monoisotopic (exact) mass is 191 g/mol. The standard InChI is InChI=1S/C8H12F2NP/c1-3-5-6(7(11)4-2)8(9,10)12/h3-5H,1,11-12H2,2H3/b6-5+,7-4+. The summed E-state index contributed by atoms with van der Waals surface area (Å²) >= 11 is 0. The van der Waals surface area contributed by atoms with Crippen LogP contribution in [-0.4, -0.2) is 5.66 Å². The smallest absolute Gasteiger partial charge is 0.285 e. The molecule has 4 heteroatoms. The molecule has 1 nitrogen and oxygen atoms in total. The van der Waals surface area contributed by atoms with E-state index in [0.29, 0.717) is 0 Å². The van der Waals surface area contributed by atoms with Gasteiger partial charge < -0.3 is 5.73 Å². The summed E-state index contributed by atoms with van der Waals surface area (Å²) in [5.41, 5.74) is 2.18. The Hall–Kier alpha value is -0.690. The summed E-state index contributed by atoms with van der Waals surface area (Å²) in [5, 5.41) is 0. The van der Waals surface area contributed by atoms with E-state index >= 15 is 0 Å². The fourth-order valence-electron chi connectivity index (χ4n) is 0.673. The average Bonchev–Trinajstić information content (AvgIpc) is 1.96. The van der Waals surface area contributed by atoms with Crippen LogP contribution in [0.25, 0.3) is 0 Å². The van der Waals surface area contributed by atoms with Crippen LogP contribution >= 0.6 is 9.24 Å². The normalized spacial score (nSPS) is 14.7. The molecule has 0 aromatic carbocycles. The second-order valence-electron chi connectivity index (χ2n) is 2.18. The summed E-state index contributed by atoms with van der Waals surface area (Å²) < 4.78 is 25.5. The van der Waals surface area contributed by atoms with E-state index in [1.165, 1.54) is 27.5 Å². The van der Waals surface area contributed by atoms with E-state index in [1.807, 2.05) is 0 Å².